The third kappa shape index (κ3) is 2.54. The van der Waals surface area contributed by atoms with Gasteiger partial charge in [0.15, 0.2) is 0 Å². The molecular weight excluding hydrogens is 254 g/mol. The molecular formula is C12H15NO4S. The molecule has 0 aromatic heterocycles. The Morgan fingerprint density at radius 2 is 1.89 bits per heavy atom. The summed E-state index contributed by atoms with van der Waals surface area (Å²) in [6, 6.07) is 6.05. The van der Waals surface area contributed by atoms with Gasteiger partial charge in [-0.05, 0) is 19.1 Å². The molecule has 0 unspecified atom stereocenters. The van der Waals surface area contributed by atoms with E-state index in [-0.39, 0.29) is 17.5 Å². The highest BCUT2D eigenvalue weighted by atomic mass is 32.2. The van der Waals surface area contributed by atoms with Gasteiger partial charge in [0, 0.05) is 0 Å². The molecule has 1 aliphatic rings. The minimum absolute atomic E-state index is 0.0884. The normalized spacial score (nSPS) is 24.0. The summed E-state index contributed by atoms with van der Waals surface area (Å²) in [6.07, 6.45) is 0. The molecule has 0 bridgehead atoms. The van der Waals surface area contributed by atoms with E-state index in [9.17, 15) is 13.2 Å². The standard InChI is InChI=1S/C12H15NO4S/c1-8-3-5-10(6-4-8)18(15,16)13-11-7-17-12(14)9(11)2/h3-6,9,11,13H,7H2,1-2H3/t9-,11-/m1/s1. The van der Waals surface area contributed by atoms with Gasteiger partial charge in [0.1, 0.15) is 6.61 Å². The van der Waals surface area contributed by atoms with Gasteiger partial charge in [0.2, 0.25) is 10.0 Å². The largest absolute Gasteiger partial charge is 0.464 e. The molecule has 6 heteroatoms. The molecule has 1 aliphatic heterocycles. The van der Waals surface area contributed by atoms with Gasteiger partial charge in [-0.25, -0.2) is 13.1 Å². The highest BCUT2D eigenvalue weighted by Crippen LogP contribution is 2.18. The topological polar surface area (TPSA) is 72.5 Å². The lowest BCUT2D eigenvalue weighted by Gasteiger charge is -2.13. The molecule has 1 saturated heterocycles. The molecule has 0 saturated carbocycles. The number of carbonyl (C=O) groups is 1. The molecule has 0 spiro atoms. The first-order chi connectivity index (χ1) is 8.40. The number of cyclic esters (lactones) is 1. The number of nitrogens with one attached hydrogen (secondary N) is 1. The Kier molecular flexibility index (Phi) is 3.41. The zero-order valence-electron chi connectivity index (χ0n) is 10.2. The Morgan fingerprint density at radius 1 is 1.28 bits per heavy atom. The van der Waals surface area contributed by atoms with Crippen LogP contribution < -0.4 is 4.72 Å². The van der Waals surface area contributed by atoms with Crippen LogP contribution in [0.1, 0.15) is 12.5 Å². The number of hydrogen-bond acceptors (Lipinski definition) is 4. The monoisotopic (exact) mass is 269 g/mol. The molecule has 5 nitrogen and oxygen atoms in total. The number of benzene rings is 1. The fraction of sp³-hybridized carbons (Fsp3) is 0.417. The van der Waals surface area contributed by atoms with Crippen molar-refractivity contribution in [2.45, 2.75) is 24.8 Å². The fourth-order valence-electron chi connectivity index (χ4n) is 1.73. The minimum atomic E-state index is -3.60. The van der Waals surface area contributed by atoms with Crippen LogP contribution in [0.4, 0.5) is 0 Å². The predicted octanol–water partition coefficient (Wildman–Crippen LogP) is 0.835. The summed E-state index contributed by atoms with van der Waals surface area (Å²) < 4.78 is 31.5. The van der Waals surface area contributed by atoms with Crippen LogP contribution in [0.2, 0.25) is 0 Å². The molecule has 1 fully saturated rings. The van der Waals surface area contributed by atoms with E-state index in [0.29, 0.717) is 0 Å². The minimum Gasteiger partial charge on any atom is -0.464 e. The Hall–Kier alpha value is -1.40. The Morgan fingerprint density at radius 3 is 2.39 bits per heavy atom. The smallest absolute Gasteiger partial charge is 0.310 e. The Balaban J connectivity index is 2.17. The summed E-state index contributed by atoms with van der Waals surface area (Å²) in [4.78, 5) is 11.4. The van der Waals surface area contributed by atoms with Crippen molar-refractivity contribution in [2.24, 2.45) is 5.92 Å². The molecule has 0 amide bonds. The van der Waals surface area contributed by atoms with Crippen molar-refractivity contribution in [2.75, 3.05) is 6.61 Å². The van der Waals surface area contributed by atoms with Gasteiger partial charge >= 0.3 is 5.97 Å². The molecule has 0 radical (unpaired) electrons. The van der Waals surface area contributed by atoms with E-state index in [0.717, 1.165) is 5.56 Å². The number of esters is 1. The van der Waals surface area contributed by atoms with Crippen LogP contribution in [0.25, 0.3) is 0 Å². The SMILES string of the molecule is Cc1ccc(S(=O)(=O)N[C@@H]2COC(=O)[C@@H]2C)cc1. The van der Waals surface area contributed by atoms with Crippen LogP contribution in [0.3, 0.4) is 0 Å². The lowest BCUT2D eigenvalue weighted by atomic mass is 10.1. The highest BCUT2D eigenvalue weighted by Gasteiger charge is 2.36. The van der Waals surface area contributed by atoms with Crippen LogP contribution in [0.5, 0.6) is 0 Å². The van der Waals surface area contributed by atoms with E-state index < -0.39 is 22.0 Å². The first kappa shape index (κ1) is 13.0. The number of carbonyl (C=O) groups excluding carboxylic acids is 1. The molecule has 1 heterocycles. The maximum absolute atomic E-state index is 12.1. The van der Waals surface area contributed by atoms with Crippen molar-refractivity contribution >= 4 is 16.0 Å². The van der Waals surface area contributed by atoms with E-state index in [1.54, 1.807) is 31.2 Å². The maximum Gasteiger partial charge on any atom is 0.310 e. The first-order valence-electron chi connectivity index (χ1n) is 5.66. The second kappa shape index (κ2) is 4.70. The Bertz CT molecular complexity index is 550. The Labute approximate surface area is 106 Å². The number of aryl methyl sites for hydroxylation is 1. The van der Waals surface area contributed by atoms with Crippen molar-refractivity contribution in [1.29, 1.82) is 0 Å². The van der Waals surface area contributed by atoms with E-state index in [4.69, 9.17) is 4.74 Å². The maximum atomic E-state index is 12.1. The van der Waals surface area contributed by atoms with E-state index in [1.165, 1.54) is 0 Å². The van der Waals surface area contributed by atoms with Gasteiger partial charge in [-0.2, -0.15) is 0 Å². The van der Waals surface area contributed by atoms with Crippen LogP contribution in [-0.4, -0.2) is 27.0 Å². The number of ether oxygens (including phenoxy) is 1. The molecule has 2 atom stereocenters. The molecule has 0 aliphatic carbocycles. The van der Waals surface area contributed by atoms with Crippen LogP contribution in [-0.2, 0) is 19.6 Å². The number of rotatable bonds is 3. The van der Waals surface area contributed by atoms with E-state index in [1.807, 2.05) is 6.92 Å². The van der Waals surface area contributed by atoms with Crippen molar-refractivity contribution < 1.29 is 17.9 Å². The van der Waals surface area contributed by atoms with Gasteiger partial charge in [-0.15, -0.1) is 0 Å². The van der Waals surface area contributed by atoms with Crippen LogP contribution in [0.15, 0.2) is 29.2 Å². The van der Waals surface area contributed by atoms with Gasteiger partial charge in [0.25, 0.3) is 0 Å². The van der Waals surface area contributed by atoms with E-state index in [2.05, 4.69) is 4.72 Å². The zero-order chi connectivity index (χ0) is 13.3. The first-order valence-corrected chi connectivity index (χ1v) is 7.14. The summed E-state index contributed by atoms with van der Waals surface area (Å²) in [5.41, 5.74) is 0.988. The van der Waals surface area contributed by atoms with Gasteiger partial charge in [-0.3, -0.25) is 4.79 Å². The van der Waals surface area contributed by atoms with Gasteiger partial charge in [0.05, 0.1) is 16.9 Å². The van der Waals surface area contributed by atoms with Gasteiger partial charge < -0.3 is 4.74 Å². The number of sulfonamides is 1. The lowest BCUT2D eigenvalue weighted by molar-refractivity contribution is -0.140. The summed E-state index contributed by atoms with van der Waals surface area (Å²) in [7, 11) is -3.60. The lowest BCUT2D eigenvalue weighted by Crippen LogP contribution is -2.39. The summed E-state index contributed by atoms with van der Waals surface area (Å²) >= 11 is 0. The van der Waals surface area contributed by atoms with Crippen molar-refractivity contribution in [3.8, 4) is 0 Å². The zero-order valence-corrected chi connectivity index (χ0v) is 11.0. The van der Waals surface area contributed by atoms with E-state index >= 15 is 0 Å². The fourth-order valence-corrected chi connectivity index (χ4v) is 3.03. The summed E-state index contributed by atoms with van der Waals surface area (Å²) in [5.74, 6) is -0.822. The van der Waals surface area contributed by atoms with Crippen molar-refractivity contribution in [3.63, 3.8) is 0 Å². The third-order valence-corrected chi connectivity index (χ3v) is 4.52. The van der Waals surface area contributed by atoms with Crippen LogP contribution in [0, 0.1) is 12.8 Å². The molecule has 18 heavy (non-hydrogen) atoms. The second-order valence-electron chi connectivity index (χ2n) is 4.46. The van der Waals surface area contributed by atoms with Crippen molar-refractivity contribution in [1.82, 2.24) is 4.72 Å². The molecule has 1 aromatic carbocycles. The average Bonchev–Trinajstić information content (AvgIpc) is 2.61. The highest BCUT2D eigenvalue weighted by molar-refractivity contribution is 7.89. The predicted molar refractivity (Wildman–Crippen MR) is 65.4 cm³/mol. The number of hydrogen-bond donors (Lipinski definition) is 1. The average molecular weight is 269 g/mol. The van der Waals surface area contributed by atoms with Gasteiger partial charge in [-0.1, -0.05) is 24.6 Å². The molecule has 98 valence electrons. The summed E-state index contributed by atoms with van der Waals surface area (Å²) in [6.45, 7) is 3.62. The van der Waals surface area contributed by atoms with Crippen molar-refractivity contribution in [3.05, 3.63) is 29.8 Å². The second-order valence-corrected chi connectivity index (χ2v) is 6.17. The molecule has 2 rings (SSSR count). The molecule has 1 aromatic rings. The summed E-state index contributed by atoms with van der Waals surface area (Å²) in [5, 5.41) is 0. The van der Waals surface area contributed by atoms with Crippen LogP contribution >= 0.6 is 0 Å². The molecule has 1 N–H and O–H groups in total. The quantitative estimate of drug-likeness (QED) is 0.825. The third-order valence-electron chi connectivity index (χ3n) is 3.02.